The lowest BCUT2D eigenvalue weighted by Crippen LogP contribution is -2.48. The maximum Gasteiger partial charge on any atom is 0.261 e. The molecule has 0 heterocycles. The first-order valence-electron chi connectivity index (χ1n) is 8.67. The summed E-state index contributed by atoms with van der Waals surface area (Å²) in [6.45, 7) is 5.91. The van der Waals surface area contributed by atoms with E-state index in [2.05, 4.69) is 5.32 Å². The van der Waals surface area contributed by atoms with Crippen molar-refractivity contribution in [3.8, 4) is 5.75 Å². The molecule has 0 aromatic heterocycles. The van der Waals surface area contributed by atoms with Crippen LogP contribution in [-0.2, 0) is 16.1 Å². The molecule has 0 aliphatic rings. The Morgan fingerprint density at radius 1 is 1.12 bits per heavy atom. The van der Waals surface area contributed by atoms with Gasteiger partial charge in [0.15, 0.2) is 6.61 Å². The number of aryl methyl sites for hydroxylation is 2. The van der Waals surface area contributed by atoms with Gasteiger partial charge in [0.1, 0.15) is 11.8 Å². The van der Waals surface area contributed by atoms with Crippen LogP contribution in [0, 0.1) is 13.8 Å². The van der Waals surface area contributed by atoms with E-state index >= 15 is 0 Å². The molecule has 5 heteroatoms. The van der Waals surface area contributed by atoms with E-state index in [1.807, 2.05) is 62.4 Å². The van der Waals surface area contributed by atoms with Crippen molar-refractivity contribution in [3.63, 3.8) is 0 Å². The monoisotopic (exact) mass is 354 g/mol. The van der Waals surface area contributed by atoms with Crippen LogP contribution in [0.15, 0.2) is 48.5 Å². The number of likely N-dealkylation sites (N-methyl/N-ethyl adjacent to an activating group) is 1. The van der Waals surface area contributed by atoms with Gasteiger partial charge in [-0.05, 0) is 38.0 Å². The fourth-order valence-electron chi connectivity index (χ4n) is 2.76. The molecule has 0 spiro atoms. The molecule has 0 fully saturated rings. The number of hydrogen-bond donors (Lipinski definition) is 1. The van der Waals surface area contributed by atoms with Crippen molar-refractivity contribution in [3.05, 3.63) is 65.2 Å². The molecule has 2 aromatic rings. The number of carbonyl (C=O) groups is 2. The molecule has 0 bridgehead atoms. The highest BCUT2D eigenvalue weighted by atomic mass is 16.5. The van der Waals surface area contributed by atoms with E-state index in [0.717, 1.165) is 16.7 Å². The summed E-state index contributed by atoms with van der Waals surface area (Å²) in [5, 5.41) is 2.60. The molecule has 0 aliphatic heterocycles. The second-order valence-electron chi connectivity index (χ2n) is 6.36. The predicted octanol–water partition coefficient (Wildman–Crippen LogP) is 2.85. The van der Waals surface area contributed by atoms with E-state index in [0.29, 0.717) is 12.3 Å². The number of hydrogen-bond acceptors (Lipinski definition) is 3. The molecule has 26 heavy (non-hydrogen) atoms. The van der Waals surface area contributed by atoms with Crippen molar-refractivity contribution in [1.82, 2.24) is 10.2 Å². The summed E-state index contributed by atoms with van der Waals surface area (Å²) >= 11 is 0. The minimum atomic E-state index is -0.588. The summed E-state index contributed by atoms with van der Waals surface area (Å²) in [6.07, 6.45) is 0. The van der Waals surface area contributed by atoms with Gasteiger partial charge >= 0.3 is 0 Å². The van der Waals surface area contributed by atoms with Crippen LogP contribution >= 0.6 is 0 Å². The molecule has 1 atom stereocenters. The Balaban J connectivity index is 2.12. The second kappa shape index (κ2) is 9.04. The summed E-state index contributed by atoms with van der Waals surface area (Å²) in [5.74, 6) is 0.238. The van der Waals surface area contributed by atoms with Gasteiger partial charge in [0.05, 0.1) is 0 Å². The van der Waals surface area contributed by atoms with Crippen LogP contribution in [0.1, 0.15) is 23.6 Å². The minimum absolute atomic E-state index is 0.113. The highest BCUT2D eigenvalue weighted by molar-refractivity contribution is 5.87. The first-order chi connectivity index (χ1) is 12.4. The fraction of sp³-hybridized carbons (Fsp3) is 0.333. The molecule has 2 amide bonds. The zero-order valence-electron chi connectivity index (χ0n) is 15.8. The smallest absolute Gasteiger partial charge is 0.261 e. The van der Waals surface area contributed by atoms with Crippen LogP contribution in [0.5, 0.6) is 5.75 Å². The SMILES string of the molecule is CNC(=O)[C@@H](C)N(Cc1ccccc1)C(=O)COc1ccc(C)cc1C. The Morgan fingerprint density at radius 3 is 2.42 bits per heavy atom. The molecule has 0 saturated heterocycles. The summed E-state index contributed by atoms with van der Waals surface area (Å²) < 4.78 is 5.71. The van der Waals surface area contributed by atoms with Crippen LogP contribution in [0.3, 0.4) is 0 Å². The van der Waals surface area contributed by atoms with E-state index in [1.165, 1.54) is 4.90 Å². The normalized spacial score (nSPS) is 11.5. The quantitative estimate of drug-likeness (QED) is 0.832. The van der Waals surface area contributed by atoms with Gasteiger partial charge in [0.2, 0.25) is 5.91 Å². The number of nitrogens with zero attached hydrogens (tertiary/aromatic N) is 1. The van der Waals surface area contributed by atoms with Crippen LogP contribution in [0.25, 0.3) is 0 Å². The fourth-order valence-corrected chi connectivity index (χ4v) is 2.76. The zero-order valence-corrected chi connectivity index (χ0v) is 15.8. The van der Waals surface area contributed by atoms with Crippen molar-refractivity contribution >= 4 is 11.8 Å². The molecule has 2 rings (SSSR count). The Kier molecular flexibility index (Phi) is 6.78. The summed E-state index contributed by atoms with van der Waals surface area (Å²) in [5.41, 5.74) is 3.08. The van der Waals surface area contributed by atoms with E-state index in [4.69, 9.17) is 4.74 Å². The Bertz CT molecular complexity index is 759. The first-order valence-corrected chi connectivity index (χ1v) is 8.67. The highest BCUT2D eigenvalue weighted by Crippen LogP contribution is 2.19. The Hall–Kier alpha value is -2.82. The predicted molar refractivity (Wildman–Crippen MR) is 102 cm³/mol. The molecule has 0 unspecified atom stereocenters. The van der Waals surface area contributed by atoms with Gasteiger partial charge in [0.25, 0.3) is 5.91 Å². The van der Waals surface area contributed by atoms with Crippen LogP contribution in [0.2, 0.25) is 0 Å². The lowest BCUT2D eigenvalue weighted by molar-refractivity contribution is -0.142. The molecule has 0 radical (unpaired) electrons. The highest BCUT2D eigenvalue weighted by Gasteiger charge is 2.25. The van der Waals surface area contributed by atoms with Crippen molar-refractivity contribution in [2.75, 3.05) is 13.7 Å². The maximum absolute atomic E-state index is 12.8. The van der Waals surface area contributed by atoms with E-state index in [9.17, 15) is 9.59 Å². The molecule has 0 aliphatic carbocycles. The molecular formula is C21H26N2O3. The summed E-state index contributed by atoms with van der Waals surface area (Å²) in [4.78, 5) is 26.4. The molecule has 1 N–H and O–H groups in total. The Morgan fingerprint density at radius 2 is 1.81 bits per heavy atom. The topological polar surface area (TPSA) is 58.6 Å². The van der Waals surface area contributed by atoms with Gasteiger partial charge in [-0.15, -0.1) is 0 Å². The number of benzene rings is 2. The molecular weight excluding hydrogens is 328 g/mol. The second-order valence-corrected chi connectivity index (χ2v) is 6.36. The average molecular weight is 354 g/mol. The van der Waals surface area contributed by atoms with Gasteiger partial charge in [-0.3, -0.25) is 9.59 Å². The molecule has 0 saturated carbocycles. The standard InChI is InChI=1S/C21H26N2O3/c1-15-10-11-19(16(2)12-15)26-14-20(24)23(17(3)21(25)22-4)13-18-8-6-5-7-9-18/h5-12,17H,13-14H2,1-4H3,(H,22,25)/t17-/m1/s1. The number of amides is 2. The number of carbonyl (C=O) groups excluding carboxylic acids is 2. The van der Waals surface area contributed by atoms with Crippen molar-refractivity contribution < 1.29 is 14.3 Å². The van der Waals surface area contributed by atoms with Crippen molar-refractivity contribution in [1.29, 1.82) is 0 Å². The van der Waals surface area contributed by atoms with E-state index in [1.54, 1.807) is 14.0 Å². The summed E-state index contributed by atoms with van der Waals surface area (Å²) in [6, 6.07) is 14.8. The van der Waals surface area contributed by atoms with Crippen LogP contribution in [0.4, 0.5) is 0 Å². The van der Waals surface area contributed by atoms with Gasteiger partial charge in [0, 0.05) is 13.6 Å². The molecule has 138 valence electrons. The number of ether oxygens (including phenoxy) is 1. The van der Waals surface area contributed by atoms with Gasteiger partial charge in [-0.2, -0.15) is 0 Å². The van der Waals surface area contributed by atoms with Gasteiger partial charge in [-0.1, -0.05) is 48.0 Å². The van der Waals surface area contributed by atoms with Gasteiger partial charge < -0.3 is 15.0 Å². The van der Waals surface area contributed by atoms with Gasteiger partial charge in [-0.25, -0.2) is 0 Å². The first kappa shape index (κ1) is 19.5. The molecule has 5 nitrogen and oxygen atoms in total. The Labute approximate surface area is 155 Å². The minimum Gasteiger partial charge on any atom is -0.483 e. The van der Waals surface area contributed by atoms with E-state index in [-0.39, 0.29) is 18.4 Å². The molecule has 2 aromatic carbocycles. The third-order valence-corrected chi connectivity index (χ3v) is 4.29. The third kappa shape index (κ3) is 5.09. The van der Waals surface area contributed by atoms with Crippen LogP contribution in [-0.4, -0.2) is 36.4 Å². The summed E-state index contributed by atoms with van der Waals surface area (Å²) in [7, 11) is 1.57. The lowest BCUT2D eigenvalue weighted by atomic mass is 10.1. The van der Waals surface area contributed by atoms with Crippen LogP contribution < -0.4 is 10.1 Å². The largest absolute Gasteiger partial charge is 0.483 e. The maximum atomic E-state index is 12.8. The third-order valence-electron chi connectivity index (χ3n) is 4.29. The van der Waals surface area contributed by atoms with Crippen molar-refractivity contribution in [2.45, 2.75) is 33.4 Å². The number of nitrogens with one attached hydrogen (secondary N) is 1. The average Bonchev–Trinajstić information content (AvgIpc) is 2.64. The number of rotatable bonds is 7. The van der Waals surface area contributed by atoms with E-state index < -0.39 is 6.04 Å². The lowest BCUT2D eigenvalue weighted by Gasteiger charge is -2.28. The zero-order chi connectivity index (χ0) is 19.1. The van der Waals surface area contributed by atoms with Crippen molar-refractivity contribution in [2.24, 2.45) is 0 Å².